The Labute approximate surface area is 146 Å². The van der Waals surface area contributed by atoms with E-state index in [0.29, 0.717) is 13.0 Å². The Bertz CT molecular complexity index is 431. The summed E-state index contributed by atoms with van der Waals surface area (Å²) in [6.45, 7) is 12.8. The van der Waals surface area contributed by atoms with Gasteiger partial charge in [0, 0.05) is 0 Å². The van der Waals surface area contributed by atoms with Gasteiger partial charge in [-0.3, -0.25) is 4.79 Å². The van der Waals surface area contributed by atoms with Gasteiger partial charge in [-0.1, -0.05) is 12.1 Å². The minimum Gasteiger partial charge on any atom is -1.00 e. The van der Waals surface area contributed by atoms with E-state index in [1.807, 2.05) is 12.1 Å². The van der Waals surface area contributed by atoms with Gasteiger partial charge in [-0.05, 0) is 45.4 Å². The maximum absolute atomic E-state index is 11.2. The van der Waals surface area contributed by atoms with Crippen LogP contribution in [0, 0.1) is 6.92 Å². The number of likely N-dealkylation sites (N-methyl/N-ethyl adjacent to an activating group) is 1. The molecule has 0 aliphatic rings. The number of aryl methyl sites for hydroxylation is 1. The zero-order valence-corrected chi connectivity index (χ0v) is 15.9. The van der Waals surface area contributed by atoms with E-state index in [4.69, 9.17) is 4.74 Å². The van der Waals surface area contributed by atoms with Crippen LogP contribution in [0.5, 0.6) is 5.75 Å². The normalized spacial score (nSPS) is 10.9. The fraction of sp³-hybridized carbons (Fsp3) is 0.588. The largest absolute Gasteiger partial charge is 1.00 e. The molecule has 4 heteroatoms. The molecule has 0 N–H and O–H groups in total. The predicted octanol–water partition coefficient (Wildman–Crippen LogP) is 0.214. The number of ether oxygens (including phenoxy) is 1. The second-order valence-corrected chi connectivity index (χ2v) is 5.54. The molecule has 0 aromatic heterocycles. The number of hydrogen-bond acceptors (Lipinski definition) is 2. The van der Waals surface area contributed by atoms with Crippen molar-refractivity contribution in [2.45, 2.75) is 34.1 Å². The molecule has 0 fully saturated rings. The molecule has 3 nitrogen and oxygen atoms in total. The molecule has 0 unspecified atom stereocenters. The van der Waals surface area contributed by atoms with Gasteiger partial charge in [0.05, 0.1) is 26.1 Å². The van der Waals surface area contributed by atoms with Crippen LogP contribution >= 0.6 is 0 Å². The van der Waals surface area contributed by atoms with E-state index in [2.05, 4.69) is 32.9 Å². The quantitative estimate of drug-likeness (QED) is 0.434. The number of ketones is 1. The first-order valence-electron chi connectivity index (χ1n) is 7.55. The monoisotopic (exact) mass is 405 g/mol. The number of halogens is 1. The number of carbonyl (C=O) groups excluding carboxylic acids is 1. The first-order chi connectivity index (χ1) is 9.51. The molecule has 1 aromatic carbocycles. The zero-order chi connectivity index (χ0) is 15.0. The van der Waals surface area contributed by atoms with Gasteiger partial charge < -0.3 is 33.2 Å². The van der Waals surface area contributed by atoms with Crippen LogP contribution in [0.1, 0.15) is 32.8 Å². The highest BCUT2D eigenvalue weighted by atomic mass is 127. The Morgan fingerprint density at radius 3 is 2.38 bits per heavy atom. The Morgan fingerprint density at radius 1 is 1.19 bits per heavy atom. The average Bonchev–Trinajstić information content (AvgIpc) is 2.43. The molecule has 0 saturated heterocycles. The van der Waals surface area contributed by atoms with E-state index in [-0.39, 0.29) is 29.8 Å². The lowest BCUT2D eigenvalue weighted by molar-refractivity contribution is -0.924. The summed E-state index contributed by atoms with van der Waals surface area (Å²) >= 11 is 0. The minimum atomic E-state index is 0. The molecule has 1 aromatic rings. The van der Waals surface area contributed by atoms with Crippen molar-refractivity contribution in [3.8, 4) is 5.75 Å². The Hall–Kier alpha value is -0.620. The Balaban J connectivity index is 0.00000400. The lowest BCUT2D eigenvalue weighted by Crippen LogP contribution is -3.00. The standard InChI is InChI=1S/C17H28NO2.HI/c1-5-18(6-2,11-10-16(4)19)12-13-20-17-9-7-8-15(3)14-17;/h7-9,14H,5-6,10-13H2,1-4H3;1H/q+1;/p-1. The van der Waals surface area contributed by atoms with Crippen molar-refractivity contribution in [1.29, 1.82) is 0 Å². The van der Waals surface area contributed by atoms with Crippen molar-refractivity contribution in [2.24, 2.45) is 0 Å². The molecule has 0 atom stereocenters. The highest BCUT2D eigenvalue weighted by Gasteiger charge is 2.23. The van der Waals surface area contributed by atoms with Gasteiger partial charge in [-0.2, -0.15) is 0 Å². The molecule has 0 amide bonds. The smallest absolute Gasteiger partial charge is 0.137 e. The van der Waals surface area contributed by atoms with Crippen LogP contribution in [0.2, 0.25) is 0 Å². The fourth-order valence-corrected chi connectivity index (χ4v) is 2.42. The summed E-state index contributed by atoms with van der Waals surface area (Å²) in [5, 5.41) is 0. The summed E-state index contributed by atoms with van der Waals surface area (Å²) in [5.41, 5.74) is 1.21. The lowest BCUT2D eigenvalue weighted by Gasteiger charge is -2.36. The predicted molar refractivity (Wildman–Crippen MR) is 83.0 cm³/mol. The first kappa shape index (κ1) is 20.4. The van der Waals surface area contributed by atoms with Gasteiger partial charge in [0.25, 0.3) is 0 Å². The van der Waals surface area contributed by atoms with E-state index in [9.17, 15) is 4.79 Å². The lowest BCUT2D eigenvalue weighted by atomic mass is 10.2. The molecule has 0 radical (unpaired) electrons. The van der Waals surface area contributed by atoms with E-state index < -0.39 is 0 Å². The number of carbonyl (C=O) groups is 1. The number of hydrogen-bond donors (Lipinski definition) is 0. The maximum atomic E-state index is 11.2. The van der Waals surface area contributed by atoms with Crippen molar-refractivity contribution in [2.75, 3.05) is 32.8 Å². The molecule has 0 aliphatic carbocycles. The molecular formula is C17H28INO2. The van der Waals surface area contributed by atoms with E-state index in [1.165, 1.54) is 5.56 Å². The topological polar surface area (TPSA) is 26.3 Å². The third-order valence-electron chi connectivity index (χ3n) is 4.10. The molecule has 120 valence electrons. The number of rotatable bonds is 9. The summed E-state index contributed by atoms with van der Waals surface area (Å²) < 4.78 is 6.80. The Kier molecular flexibility index (Phi) is 9.86. The van der Waals surface area contributed by atoms with Crippen LogP contribution in [-0.2, 0) is 4.79 Å². The van der Waals surface area contributed by atoms with Crippen molar-refractivity contribution < 1.29 is 38.0 Å². The molecule has 1 rings (SSSR count). The summed E-state index contributed by atoms with van der Waals surface area (Å²) in [6, 6.07) is 8.14. The van der Waals surface area contributed by atoms with Crippen LogP contribution in [0.3, 0.4) is 0 Å². The highest BCUT2D eigenvalue weighted by molar-refractivity contribution is 5.75. The summed E-state index contributed by atoms with van der Waals surface area (Å²) in [5.74, 6) is 1.20. The minimum absolute atomic E-state index is 0. The van der Waals surface area contributed by atoms with E-state index in [0.717, 1.165) is 36.4 Å². The molecular weight excluding hydrogens is 377 g/mol. The Morgan fingerprint density at radius 2 is 1.86 bits per heavy atom. The second-order valence-electron chi connectivity index (χ2n) is 5.54. The first-order valence-corrected chi connectivity index (χ1v) is 7.55. The van der Waals surface area contributed by atoms with E-state index >= 15 is 0 Å². The van der Waals surface area contributed by atoms with Crippen LogP contribution in [0.4, 0.5) is 0 Å². The van der Waals surface area contributed by atoms with Crippen molar-refractivity contribution >= 4 is 5.78 Å². The van der Waals surface area contributed by atoms with Gasteiger partial charge in [0.2, 0.25) is 0 Å². The van der Waals surface area contributed by atoms with Gasteiger partial charge >= 0.3 is 0 Å². The molecule has 0 bridgehead atoms. The van der Waals surface area contributed by atoms with Gasteiger partial charge in [-0.25, -0.2) is 0 Å². The van der Waals surface area contributed by atoms with Crippen molar-refractivity contribution in [3.05, 3.63) is 29.8 Å². The van der Waals surface area contributed by atoms with E-state index in [1.54, 1.807) is 6.92 Å². The summed E-state index contributed by atoms with van der Waals surface area (Å²) in [4.78, 5) is 11.2. The van der Waals surface area contributed by atoms with Crippen molar-refractivity contribution in [1.82, 2.24) is 0 Å². The van der Waals surface area contributed by atoms with Gasteiger partial charge in [0.15, 0.2) is 0 Å². The number of Topliss-reactive ketones (excluding diaryl/α,β-unsaturated/α-hetero) is 1. The van der Waals surface area contributed by atoms with Crippen LogP contribution < -0.4 is 28.7 Å². The van der Waals surface area contributed by atoms with Gasteiger partial charge in [0.1, 0.15) is 24.7 Å². The maximum Gasteiger partial charge on any atom is 0.137 e. The number of nitrogens with zero attached hydrogens (tertiary/aromatic N) is 1. The zero-order valence-electron chi connectivity index (χ0n) is 13.7. The second kappa shape index (κ2) is 10.2. The summed E-state index contributed by atoms with van der Waals surface area (Å²) in [6.07, 6.45) is 0.659. The highest BCUT2D eigenvalue weighted by Crippen LogP contribution is 2.14. The third kappa shape index (κ3) is 7.27. The molecule has 21 heavy (non-hydrogen) atoms. The molecule has 0 spiro atoms. The van der Waals surface area contributed by atoms with Crippen LogP contribution in [0.15, 0.2) is 24.3 Å². The molecule has 0 aliphatic heterocycles. The number of quaternary nitrogens is 1. The molecule has 0 saturated carbocycles. The molecule has 0 heterocycles. The summed E-state index contributed by atoms with van der Waals surface area (Å²) in [7, 11) is 0. The average molecular weight is 405 g/mol. The third-order valence-corrected chi connectivity index (χ3v) is 4.10. The SMILES string of the molecule is CC[N+](CC)(CCOc1cccc(C)c1)CCC(C)=O.[I-]. The van der Waals surface area contributed by atoms with Crippen LogP contribution in [-0.4, -0.2) is 43.1 Å². The van der Waals surface area contributed by atoms with Gasteiger partial charge in [-0.15, -0.1) is 0 Å². The fourth-order valence-electron chi connectivity index (χ4n) is 2.42. The number of benzene rings is 1. The van der Waals surface area contributed by atoms with Crippen LogP contribution in [0.25, 0.3) is 0 Å². The van der Waals surface area contributed by atoms with Crippen molar-refractivity contribution in [3.63, 3.8) is 0 Å².